The first kappa shape index (κ1) is 20.4. The number of pyridine rings is 1. The Kier molecular flexibility index (Phi) is 5.31. The van der Waals surface area contributed by atoms with Gasteiger partial charge in [0.2, 0.25) is 10.0 Å². The molecule has 6 nitrogen and oxygen atoms in total. The Hall–Kier alpha value is -2.29. The molecule has 8 heteroatoms. The van der Waals surface area contributed by atoms with Gasteiger partial charge in [0, 0.05) is 30.9 Å². The molecular weight excluding hydrogens is 396 g/mol. The second-order valence-corrected chi connectivity index (χ2v) is 10.9. The van der Waals surface area contributed by atoms with E-state index in [9.17, 15) is 16.8 Å². The molecule has 0 fully saturated rings. The number of sulfonamides is 1. The van der Waals surface area contributed by atoms with Gasteiger partial charge in [-0.3, -0.25) is 4.98 Å². The van der Waals surface area contributed by atoms with Gasteiger partial charge in [0.1, 0.15) is 4.90 Å². The number of aromatic nitrogens is 1. The number of aryl methyl sites for hydroxylation is 1. The lowest BCUT2D eigenvalue weighted by atomic mass is 10.1. The minimum atomic E-state index is -3.81. The average molecular weight is 419 g/mol. The van der Waals surface area contributed by atoms with Crippen LogP contribution >= 0.6 is 0 Å². The van der Waals surface area contributed by atoms with E-state index in [-0.39, 0.29) is 9.79 Å². The highest BCUT2D eigenvalue weighted by Crippen LogP contribution is 2.30. The fourth-order valence-electron chi connectivity index (χ4n) is 3.02. The quantitative estimate of drug-likeness (QED) is 0.635. The summed E-state index contributed by atoms with van der Waals surface area (Å²) in [4.78, 5) is 4.67. The zero-order chi connectivity index (χ0) is 20.7. The molecule has 2 aromatic carbocycles. The number of rotatable bonds is 5. The van der Waals surface area contributed by atoms with Gasteiger partial charge in [-0.05, 0) is 49.2 Å². The normalized spacial score (nSPS) is 13.8. The average Bonchev–Trinajstić information content (AvgIpc) is 2.65. The molecule has 1 heterocycles. The summed E-state index contributed by atoms with van der Waals surface area (Å²) in [6, 6.07) is 12.8. The number of benzene rings is 2. The van der Waals surface area contributed by atoms with E-state index >= 15 is 0 Å². The Morgan fingerprint density at radius 2 is 1.64 bits per heavy atom. The number of sulfone groups is 1. The molecule has 0 unspecified atom stereocenters. The number of hydrogen-bond acceptors (Lipinski definition) is 5. The van der Waals surface area contributed by atoms with Gasteiger partial charge in [0.25, 0.3) is 0 Å². The van der Waals surface area contributed by atoms with Crippen molar-refractivity contribution in [3.05, 3.63) is 65.9 Å². The van der Waals surface area contributed by atoms with Crippen LogP contribution in [0.1, 0.15) is 24.1 Å². The van der Waals surface area contributed by atoms with Crippen molar-refractivity contribution in [2.45, 2.75) is 29.7 Å². The third kappa shape index (κ3) is 3.80. The van der Waals surface area contributed by atoms with Crippen molar-refractivity contribution >= 4 is 30.8 Å². The van der Waals surface area contributed by atoms with E-state index < -0.39 is 25.9 Å². The Balaban J connectivity index is 2.00. The molecule has 0 saturated carbocycles. The molecule has 0 radical (unpaired) electrons. The molecular formula is C20H22N2O4S2. The summed E-state index contributed by atoms with van der Waals surface area (Å²) in [6.45, 7) is 3.66. The minimum Gasteiger partial charge on any atom is -0.255 e. The van der Waals surface area contributed by atoms with Crippen LogP contribution in [0.5, 0.6) is 0 Å². The maximum absolute atomic E-state index is 13.3. The van der Waals surface area contributed by atoms with Crippen molar-refractivity contribution < 1.29 is 16.8 Å². The van der Waals surface area contributed by atoms with Crippen LogP contribution in [0.25, 0.3) is 10.9 Å². The molecule has 1 atom stereocenters. The molecule has 3 aromatic rings. The van der Waals surface area contributed by atoms with Gasteiger partial charge >= 0.3 is 0 Å². The predicted octanol–water partition coefficient (Wildman–Crippen LogP) is 3.33. The summed E-state index contributed by atoms with van der Waals surface area (Å²) in [5, 5.41) is 0.764. The van der Waals surface area contributed by atoms with Crippen molar-refractivity contribution in [3.8, 4) is 0 Å². The van der Waals surface area contributed by atoms with Crippen molar-refractivity contribution in [2.24, 2.45) is 0 Å². The minimum absolute atomic E-state index is 0.145. The summed E-state index contributed by atoms with van der Waals surface area (Å²) in [7, 11) is -5.61. The third-order valence-electron chi connectivity index (χ3n) is 4.80. The van der Waals surface area contributed by atoms with Crippen molar-refractivity contribution in [3.63, 3.8) is 0 Å². The monoisotopic (exact) mass is 418 g/mol. The van der Waals surface area contributed by atoms with E-state index in [1.165, 1.54) is 23.5 Å². The summed E-state index contributed by atoms with van der Waals surface area (Å²) >= 11 is 0. The lowest BCUT2D eigenvalue weighted by molar-refractivity contribution is 0.398. The molecule has 0 N–H and O–H groups in total. The van der Waals surface area contributed by atoms with Crippen LogP contribution in [0, 0.1) is 6.92 Å². The van der Waals surface area contributed by atoms with Crippen LogP contribution < -0.4 is 0 Å². The second-order valence-electron chi connectivity index (χ2n) is 6.88. The molecule has 3 rings (SSSR count). The summed E-state index contributed by atoms with van der Waals surface area (Å²) in [5.74, 6) is 0. The van der Waals surface area contributed by atoms with Gasteiger partial charge in [-0.1, -0.05) is 24.3 Å². The lowest BCUT2D eigenvalue weighted by Gasteiger charge is -2.25. The molecule has 0 amide bonds. The number of para-hydroxylation sites is 1. The molecule has 148 valence electrons. The van der Waals surface area contributed by atoms with Gasteiger partial charge in [-0.25, -0.2) is 16.8 Å². The smallest absolute Gasteiger partial charge is 0.245 e. The lowest BCUT2D eigenvalue weighted by Crippen LogP contribution is -2.30. The number of nitrogens with zero attached hydrogens (tertiary/aromatic N) is 2. The van der Waals surface area contributed by atoms with Crippen LogP contribution in [0.4, 0.5) is 0 Å². The first-order chi connectivity index (χ1) is 13.0. The van der Waals surface area contributed by atoms with Crippen molar-refractivity contribution in [1.82, 2.24) is 9.29 Å². The molecule has 0 spiro atoms. The van der Waals surface area contributed by atoms with E-state index in [1.54, 1.807) is 37.4 Å². The third-order valence-corrected chi connectivity index (χ3v) is 7.89. The van der Waals surface area contributed by atoms with E-state index in [0.717, 1.165) is 17.2 Å². The van der Waals surface area contributed by atoms with E-state index in [1.807, 2.05) is 19.1 Å². The molecule has 0 aliphatic carbocycles. The summed E-state index contributed by atoms with van der Waals surface area (Å²) < 4.78 is 51.1. The maximum Gasteiger partial charge on any atom is 0.245 e. The second kappa shape index (κ2) is 7.27. The number of fused-ring (bicyclic) bond motifs is 1. The molecule has 0 saturated heterocycles. The Morgan fingerprint density at radius 1 is 1.00 bits per heavy atom. The Bertz CT molecular complexity index is 1230. The zero-order valence-electron chi connectivity index (χ0n) is 16.1. The molecule has 1 aromatic heterocycles. The fraction of sp³-hybridized carbons (Fsp3) is 0.250. The number of hydrogen-bond donors (Lipinski definition) is 0. The highest BCUT2D eigenvalue weighted by Gasteiger charge is 2.28. The van der Waals surface area contributed by atoms with E-state index in [0.29, 0.717) is 11.1 Å². The zero-order valence-corrected chi connectivity index (χ0v) is 17.8. The standard InChI is InChI=1S/C20H22N2O4S2/c1-14-12-17-6-5-7-19(20(17)21-13-14)28(25,26)22(3)15(2)16-8-10-18(11-9-16)27(4,23)24/h5-13,15H,1-4H3/t15-/m1/s1. The molecule has 0 aliphatic rings. The van der Waals surface area contributed by atoms with Crippen LogP contribution in [0.15, 0.2) is 64.5 Å². The predicted molar refractivity (Wildman–Crippen MR) is 109 cm³/mol. The van der Waals surface area contributed by atoms with Crippen LogP contribution in [0.3, 0.4) is 0 Å². The van der Waals surface area contributed by atoms with E-state index in [2.05, 4.69) is 4.98 Å². The van der Waals surface area contributed by atoms with Gasteiger partial charge < -0.3 is 0 Å². The van der Waals surface area contributed by atoms with Gasteiger partial charge in [-0.15, -0.1) is 0 Å². The van der Waals surface area contributed by atoms with Gasteiger partial charge in [0.05, 0.1) is 10.4 Å². The first-order valence-corrected chi connectivity index (χ1v) is 12.0. The highest BCUT2D eigenvalue weighted by atomic mass is 32.2. The molecule has 0 aliphatic heterocycles. The highest BCUT2D eigenvalue weighted by molar-refractivity contribution is 7.90. The first-order valence-electron chi connectivity index (χ1n) is 8.65. The Morgan fingerprint density at radius 3 is 2.25 bits per heavy atom. The van der Waals surface area contributed by atoms with Gasteiger partial charge in [-0.2, -0.15) is 4.31 Å². The maximum atomic E-state index is 13.3. The van der Waals surface area contributed by atoms with Gasteiger partial charge in [0.15, 0.2) is 9.84 Å². The molecule has 28 heavy (non-hydrogen) atoms. The topological polar surface area (TPSA) is 84.4 Å². The summed E-state index contributed by atoms with van der Waals surface area (Å²) in [6.07, 6.45) is 2.78. The largest absolute Gasteiger partial charge is 0.255 e. The summed E-state index contributed by atoms with van der Waals surface area (Å²) in [5.41, 5.74) is 2.08. The van der Waals surface area contributed by atoms with E-state index in [4.69, 9.17) is 0 Å². The van der Waals surface area contributed by atoms with Crippen LogP contribution in [-0.2, 0) is 19.9 Å². The van der Waals surface area contributed by atoms with Crippen molar-refractivity contribution in [2.75, 3.05) is 13.3 Å². The fourth-order valence-corrected chi connectivity index (χ4v) is 5.16. The SMILES string of the molecule is Cc1cnc2c(S(=O)(=O)N(C)[C@H](C)c3ccc(S(C)(=O)=O)cc3)cccc2c1. The Labute approximate surface area is 165 Å². The van der Waals surface area contributed by atoms with Crippen LogP contribution in [-0.4, -0.2) is 39.4 Å². The van der Waals surface area contributed by atoms with Crippen LogP contribution in [0.2, 0.25) is 0 Å². The molecule has 0 bridgehead atoms. The van der Waals surface area contributed by atoms with Crippen molar-refractivity contribution in [1.29, 1.82) is 0 Å².